The number of terminal acetylenes is 1. The van der Waals surface area contributed by atoms with E-state index in [0.717, 1.165) is 31.5 Å². The van der Waals surface area contributed by atoms with Gasteiger partial charge in [-0.2, -0.15) is 0 Å². The average molecular weight is 243 g/mol. The molecule has 94 valence electrons. The van der Waals surface area contributed by atoms with E-state index >= 15 is 0 Å². The molecule has 3 nitrogen and oxygen atoms in total. The second-order valence-electron chi connectivity index (χ2n) is 4.65. The minimum Gasteiger partial charge on any atom is -0.481 e. The van der Waals surface area contributed by atoms with Gasteiger partial charge in [-0.1, -0.05) is 24.1 Å². The smallest absolute Gasteiger partial charge is 0.311 e. The lowest BCUT2D eigenvalue weighted by atomic mass is 9.80. The summed E-state index contributed by atoms with van der Waals surface area (Å²) in [5.74, 6) is 1.41. The summed E-state index contributed by atoms with van der Waals surface area (Å²) in [7, 11) is 0. The monoisotopic (exact) mass is 243 g/mol. The second kappa shape index (κ2) is 5.70. The molecule has 3 heteroatoms. The van der Waals surface area contributed by atoms with Crippen molar-refractivity contribution >= 4 is 5.97 Å². The zero-order valence-corrected chi connectivity index (χ0v) is 10.2. The average Bonchev–Trinajstić information content (AvgIpc) is 2.40. The molecule has 1 aliphatic rings. The maximum absolute atomic E-state index is 11.6. The maximum atomic E-state index is 11.6. The highest BCUT2D eigenvalue weighted by atomic mass is 16.4. The predicted octanol–water partition coefficient (Wildman–Crippen LogP) is 1.84. The number of benzene rings is 1. The van der Waals surface area contributed by atoms with E-state index in [1.807, 2.05) is 24.3 Å². The molecule has 0 radical (unpaired) electrons. The quantitative estimate of drug-likeness (QED) is 0.796. The largest absolute Gasteiger partial charge is 0.481 e. The van der Waals surface area contributed by atoms with Gasteiger partial charge in [-0.3, -0.25) is 4.79 Å². The van der Waals surface area contributed by atoms with E-state index in [1.54, 1.807) is 0 Å². The number of rotatable bonds is 3. The fourth-order valence-electron chi connectivity index (χ4n) is 2.65. The van der Waals surface area contributed by atoms with E-state index < -0.39 is 11.9 Å². The Morgan fingerprint density at radius 1 is 1.50 bits per heavy atom. The number of hydrogen-bond donors (Lipinski definition) is 2. The van der Waals surface area contributed by atoms with Crippen LogP contribution in [-0.4, -0.2) is 24.2 Å². The molecule has 1 heterocycles. The topological polar surface area (TPSA) is 49.3 Å². The van der Waals surface area contributed by atoms with Gasteiger partial charge in [0.25, 0.3) is 0 Å². The van der Waals surface area contributed by atoms with Crippen molar-refractivity contribution in [2.24, 2.45) is 5.92 Å². The molecule has 0 aliphatic carbocycles. The van der Waals surface area contributed by atoms with Crippen molar-refractivity contribution in [2.75, 3.05) is 13.1 Å². The summed E-state index contributed by atoms with van der Waals surface area (Å²) in [5.41, 5.74) is 1.46. The lowest BCUT2D eigenvalue weighted by Gasteiger charge is -2.29. The first-order chi connectivity index (χ1) is 8.74. The molecule has 2 unspecified atom stereocenters. The molecule has 18 heavy (non-hydrogen) atoms. The number of aliphatic carboxylic acids is 1. The standard InChI is InChI=1S/C15H17NO2/c1-2-11-6-3-4-8-13(11)14(15(17)18)12-7-5-9-16-10-12/h1,3-4,6,8,12,14,16H,5,7,9-10H2,(H,17,18). The Labute approximate surface area is 107 Å². The molecule has 0 saturated carbocycles. The Morgan fingerprint density at radius 3 is 2.89 bits per heavy atom. The highest BCUT2D eigenvalue weighted by molar-refractivity contribution is 5.77. The van der Waals surface area contributed by atoms with Gasteiger partial charge in [0.15, 0.2) is 0 Å². The Balaban J connectivity index is 2.35. The van der Waals surface area contributed by atoms with Crippen LogP contribution in [0.15, 0.2) is 24.3 Å². The first-order valence-electron chi connectivity index (χ1n) is 6.23. The van der Waals surface area contributed by atoms with Crippen molar-refractivity contribution < 1.29 is 9.90 Å². The van der Waals surface area contributed by atoms with Crippen LogP contribution in [0.5, 0.6) is 0 Å². The second-order valence-corrected chi connectivity index (χ2v) is 4.65. The maximum Gasteiger partial charge on any atom is 0.311 e. The summed E-state index contributed by atoms with van der Waals surface area (Å²) < 4.78 is 0. The number of carboxylic acids is 1. The van der Waals surface area contributed by atoms with Crippen LogP contribution >= 0.6 is 0 Å². The third kappa shape index (κ3) is 2.55. The first kappa shape index (κ1) is 12.7. The van der Waals surface area contributed by atoms with Gasteiger partial charge >= 0.3 is 5.97 Å². The van der Waals surface area contributed by atoms with E-state index in [2.05, 4.69) is 11.2 Å². The zero-order chi connectivity index (χ0) is 13.0. The number of hydrogen-bond acceptors (Lipinski definition) is 2. The Kier molecular flexibility index (Phi) is 4.01. The van der Waals surface area contributed by atoms with Crippen LogP contribution < -0.4 is 5.32 Å². The molecule has 0 spiro atoms. The van der Waals surface area contributed by atoms with Gasteiger partial charge in [0.2, 0.25) is 0 Å². The van der Waals surface area contributed by atoms with E-state index in [1.165, 1.54) is 0 Å². The lowest BCUT2D eigenvalue weighted by molar-refractivity contribution is -0.140. The third-order valence-corrected chi connectivity index (χ3v) is 3.52. The van der Waals surface area contributed by atoms with Crippen LogP contribution in [0.2, 0.25) is 0 Å². The van der Waals surface area contributed by atoms with Crippen molar-refractivity contribution in [1.29, 1.82) is 0 Å². The van der Waals surface area contributed by atoms with Crippen molar-refractivity contribution in [1.82, 2.24) is 5.32 Å². The number of nitrogens with one attached hydrogen (secondary N) is 1. The van der Waals surface area contributed by atoms with Crippen LogP contribution in [-0.2, 0) is 4.79 Å². The molecule has 2 N–H and O–H groups in total. The van der Waals surface area contributed by atoms with Crippen LogP contribution in [0.25, 0.3) is 0 Å². The summed E-state index contributed by atoms with van der Waals surface area (Å²) in [6.45, 7) is 1.72. The predicted molar refractivity (Wildman–Crippen MR) is 70.3 cm³/mol. The lowest BCUT2D eigenvalue weighted by Crippen LogP contribution is -2.36. The number of carboxylic acid groups (broad SMARTS) is 1. The minimum atomic E-state index is -0.786. The SMILES string of the molecule is C#Cc1ccccc1C(C(=O)O)C1CCCNC1. The van der Waals surface area contributed by atoms with Crippen molar-refractivity contribution in [3.63, 3.8) is 0 Å². The van der Waals surface area contributed by atoms with Gasteiger partial charge in [-0.25, -0.2) is 0 Å². The van der Waals surface area contributed by atoms with E-state index in [-0.39, 0.29) is 5.92 Å². The molecule has 1 aliphatic heterocycles. The van der Waals surface area contributed by atoms with Crippen molar-refractivity contribution in [3.8, 4) is 12.3 Å². The van der Waals surface area contributed by atoms with Gasteiger partial charge in [0, 0.05) is 5.56 Å². The molecule has 1 saturated heterocycles. The highest BCUT2D eigenvalue weighted by Crippen LogP contribution is 2.31. The van der Waals surface area contributed by atoms with Crippen molar-refractivity contribution in [3.05, 3.63) is 35.4 Å². The fraction of sp³-hybridized carbons (Fsp3) is 0.400. The van der Waals surface area contributed by atoms with Gasteiger partial charge in [0.05, 0.1) is 5.92 Å². The number of carbonyl (C=O) groups is 1. The molecule has 1 aromatic rings. The molecule has 0 amide bonds. The molecule has 1 fully saturated rings. The van der Waals surface area contributed by atoms with Gasteiger partial charge in [0.1, 0.15) is 0 Å². The molecular weight excluding hydrogens is 226 g/mol. The summed E-state index contributed by atoms with van der Waals surface area (Å²) >= 11 is 0. The Hall–Kier alpha value is -1.79. The molecule has 1 aromatic carbocycles. The normalized spacial score (nSPS) is 20.9. The summed E-state index contributed by atoms with van der Waals surface area (Å²) in [6.07, 6.45) is 7.41. The van der Waals surface area contributed by atoms with E-state index in [9.17, 15) is 9.90 Å². The van der Waals surface area contributed by atoms with E-state index in [0.29, 0.717) is 5.56 Å². The molecule has 2 rings (SSSR count). The van der Waals surface area contributed by atoms with Crippen LogP contribution in [0.1, 0.15) is 29.9 Å². The summed E-state index contributed by atoms with van der Waals surface area (Å²) in [6, 6.07) is 7.34. The van der Waals surface area contributed by atoms with E-state index in [4.69, 9.17) is 6.42 Å². The Morgan fingerprint density at radius 2 is 2.28 bits per heavy atom. The molecule has 2 atom stereocenters. The van der Waals surface area contributed by atoms with Crippen LogP contribution in [0, 0.1) is 18.3 Å². The van der Waals surface area contributed by atoms with Gasteiger partial charge in [-0.15, -0.1) is 6.42 Å². The van der Waals surface area contributed by atoms with Crippen LogP contribution in [0.3, 0.4) is 0 Å². The van der Waals surface area contributed by atoms with Gasteiger partial charge < -0.3 is 10.4 Å². The first-order valence-corrected chi connectivity index (χ1v) is 6.23. The fourth-order valence-corrected chi connectivity index (χ4v) is 2.65. The molecule has 0 aromatic heterocycles. The van der Waals surface area contributed by atoms with Gasteiger partial charge in [-0.05, 0) is 43.5 Å². The minimum absolute atomic E-state index is 0.116. The molecule has 0 bridgehead atoms. The zero-order valence-electron chi connectivity index (χ0n) is 10.2. The molecular formula is C15H17NO2. The summed E-state index contributed by atoms with van der Waals surface area (Å²) in [4.78, 5) is 11.6. The van der Waals surface area contributed by atoms with Crippen LogP contribution in [0.4, 0.5) is 0 Å². The summed E-state index contributed by atoms with van der Waals surface area (Å²) in [5, 5.41) is 12.8. The highest BCUT2D eigenvalue weighted by Gasteiger charge is 2.31. The van der Waals surface area contributed by atoms with Crippen molar-refractivity contribution in [2.45, 2.75) is 18.8 Å². The third-order valence-electron chi connectivity index (χ3n) is 3.52. The number of piperidine rings is 1. The Bertz CT molecular complexity index is 470.